The minimum absolute atomic E-state index is 0.109. The third kappa shape index (κ3) is 4.28. The molecule has 0 spiro atoms. The van der Waals surface area contributed by atoms with E-state index in [0.717, 1.165) is 12.8 Å². The number of benzene rings is 1. The number of hydrogen-bond donors (Lipinski definition) is 1. The van der Waals surface area contributed by atoms with Crippen LogP contribution in [0, 0.1) is 11.7 Å². The number of carbonyl (C=O) groups excluding carboxylic acids is 2. The molecule has 132 valence electrons. The maximum absolute atomic E-state index is 13.7. The highest BCUT2D eigenvalue weighted by molar-refractivity contribution is 9.10. The first kappa shape index (κ1) is 17.7. The number of furan rings is 1. The Morgan fingerprint density at radius 2 is 1.92 bits per heavy atom. The molecule has 1 aromatic carbocycles. The zero-order valence-electron chi connectivity index (χ0n) is 13.5. The molecule has 1 saturated heterocycles. The number of hydrogen-bond acceptors (Lipinski definition) is 3. The van der Waals surface area contributed by atoms with Crippen LogP contribution in [-0.2, 0) is 0 Å². The van der Waals surface area contributed by atoms with E-state index >= 15 is 0 Å². The Hall–Kier alpha value is -2.15. The predicted molar refractivity (Wildman–Crippen MR) is 93.8 cm³/mol. The number of nitrogens with one attached hydrogen (secondary N) is 1. The highest BCUT2D eigenvalue weighted by Crippen LogP contribution is 2.20. The molecular formula is C18H18BrFN2O3. The lowest BCUT2D eigenvalue weighted by molar-refractivity contribution is 0.0678. The SMILES string of the molecule is O=C(NCC1CCN(C(=O)c2ccccc2F)CC1)c1ccc(Br)o1. The van der Waals surface area contributed by atoms with E-state index in [9.17, 15) is 14.0 Å². The van der Waals surface area contributed by atoms with Crippen LogP contribution < -0.4 is 5.32 Å². The van der Waals surface area contributed by atoms with Crippen molar-refractivity contribution < 1.29 is 18.4 Å². The number of halogens is 2. The lowest BCUT2D eigenvalue weighted by atomic mass is 9.96. The van der Waals surface area contributed by atoms with Gasteiger partial charge in [0.1, 0.15) is 5.82 Å². The molecular weight excluding hydrogens is 391 g/mol. The van der Waals surface area contributed by atoms with Crippen molar-refractivity contribution in [3.05, 3.63) is 58.2 Å². The molecule has 2 aromatic rings. The summed E-state index contributed by atoms with van der Waals surface area (Å²) in [5, 5.41) is 2.85. The summed E-state index contributed by atoms with van der Waals surface area (Å²) in [6, 6.07) is 9.30. The summed E-state index contributed by atoms with van der Waals surface area (Å²) in [6.45, 7) is 1.64. The molecule has 0 atom stereocenters. The van der Waals surface area contributed by atoms with Crippen LogP contribution in [0.5, 0.6) is 0 Å². The van der Waals surface area contributed by atoms with Gasteiger partial charge in [0.05, 0.1) is 5.56 Å². The van der Waals surface area contributed by atoms with E-state index in [4.69, 9.17) is 4.42 Å². The minimum atomic E-state index is -0.494. The van der Waals surface area contributed by atoms with Crippen molar-refractivity contribution in [2.75, 3.05) is 19.6 Å². The number of amides is 2. The summed E-state index contributed by atoms with van der Waals surface area (Å²) >= 11 is 3.16. The number of piperidine rings is 1. The monoisotopic (exact) mass is 408 g/mol. The van der Waals surface area contributed by atoms with E-state index in [-0.39, 0.29) is 29.1 Å². The van der Waals surface area contributed by atoms with Crippen LogP contribution in [0.4, 0.5) is 4.39 Å². The standard InChI is InChI=1S/C18H18BrFN2O3/c19-16-6-5-15(25-16)17(23)21-11-12-7-9-22(10-8-12)18(24)13-3-1-2-4-14(13)20/h1-6,12H,7-11H2,(H,21,23). The van der Waals surface area contributed by atoms with Gasteiger partial charge in [0.2, 0.25) is 0 Å². The Labute approximate surface area is 153 Å². The molecule has 1 fully saturated rings. The molecule has 2 amide bonds. The van der Waals surface area contributed by atoms with Gasteiger partial charge in [0.15, 0.2) is 10.4 Å². The summed E-state index contributed by atoms with van der Waals surface area (Å²) in [5.74, 6) is -0.478. The Bertz CT molecular complexity index is 769. The first-order valence-corrected chi connectivity index (χ1v) is 8.91. The van der Waals surface area contributed by atoms with E-state index in [1.807, 2.05) is 0 Å². The van der Waals surface area contributed by atoms with Gasteiger partial charge >= 0.3 is 0 Å². The number of nitrogens with zero attached hydrogens (tertiary/aromatic N) is 1. The normalized spacial score (nSPS) is 15.2. The number of likely N-dealkylation sites (tertiary alicyclic amines) is 1. The van der Waals surface area contributed by atoms with E-state index in [1.165, 1.54) is 12.1 Å². The minimum Gasteiger partial charge on any atom is -0.444 e. The smallest absolute Gasteiger partial charge is 0.287 e. The van der Waals surface area contributed by atoms with E-state index in [2.05, 4.69) is 21.2 Å². The fourth-order valence-corrected chi connectivity index (χ4v) is 3.21. The first-order chi connectivity index (χ1) is 12.0. The Morgan fingerprint density at radius 3 is 2.56 bits per heavy atom. The average Bonchev–Trinajstić information content (AvgIpc) is 3.06. The highest BCUT2D eigenvalue weighted by Gasteiger charge is 2.25. The van der Waals surface area contributed by atoms with Crippen molar-refractivity contribution in [3.8, 4) is 0 Å². The molecule has 2 heterocycles. The summed E-state index contributed by atoms with van der Waals surface area (Å²) in [7, 11) is 0. The van der Waals surface area contributed by atoms with Gasteiger partial charge in [-0.25, -0.2) is 4.39 Å². The van der Waals surface area contributed by atoms with Gasteiger partial charge < -0.3 is 14.6 Å². The Morgan fingerprint density at radius 1 is 1.20 bits per heavy atom. The molecule has 7 heteroatoms. The molecule has 1 N–H and O–H groups in total. The maximum atomic E-state index is 13.7. The largest absolute Gasteiger partial charge is 0.444 e. The molecule has 0 saturated carbocycles. The van der Waals surface area contributed by atoms with Crippen molar-refractivity contribution in [2.24, 2.45) is 5.92 Å². The zero-order valence-corrected chi connectivity index (χ0v) is 15.1. The Kier molecular flexibility index (Phi) is 5.53. The maximum Gasteiger partial charge on any atom is 0.287 e. The summed E-state index contributed by atoms with van der Waals surface area (Å²) < 4.78 is 19.5. The van der Waals surface area contributed by atoms with Crippen LogP contribution in [0.2, 0.25) is 0 Å². The lowest BCUT2D eigenvalue weighted by Gasteiger charge is -2.32. The van der Waals surface area contributed by atoms with Crippen molar-refractivity contribution in [1.29, 1.82) is 0 Å². The number of carbonyl (C=O) groups is 2. The van der Waals surface area contributed by atoms with Gasteiger partial charge in [0, 0.05) is 19.6 Å². The molecule has 1 aliphatic rings. The molecule has 1 aromatic heterocycles. The molecule has 3 rings (SSSR count). The fraction of sp³-hybridized carbons (Fsp3) is 0.333. The van der Waals surface area contributed by atoms with Crippen LogP contribution >= 0.6 is 15.9 Å². The van der Waals surface area contributed by atoms with Crippen LogP contribution in [0.25, 0.3) is 0 Å². The molecule has 0 aliphatic carbocycles. The molecule has 25 heavy (non-hydrogen) atoms. The van der Waals surface area contributed by atoms with Gasteiger partial charge in [-0.15, -0.1) is 0 Å². The third-order valence-corrected chi connectivity index (χ3v) is 4.78. The predicted octanol–water partition coefficient (Wildman–Crippen LogP) is 3.46. The molecule has 0 radical (unpaired) electrons. The lowest BCUT2D eigenvalue weighted by Crippen LogP contribution is -2.41. The molecule has 0 unspecified atom stereocenters. The number of rotatable bonds is 4. The van der Waals surface area contributed by atoms with Gasteiger partial charge in [-0.1, -0.05) is 12.1 Å². The topological polar surface area (TPSA) is 62.6 Å². The van der Waals surface area contributed by atoms with Gasteiger partial charge in [-0.3, -0.25) is 9.59 Å². The Balaban J connectivity index is 1.48. The van der Waals surface area contributed by atoms with E-state index in [0.29, 0.717) is 24.3 Å². The first-order valence-electron chi connectivity index (χ1n) is 8.12. The fourth-order valence-electron chi connectivity index (χ4n) is 2.91. The van der Waals surface area contributed by atoms with Crippen LogP contribution in [0.3, 0.4) is 0 Å². The van der Waals surface area contributed by atoms with Gasteiger partial charge in [-0.05, 0) is 59.0 Å². The molecule has 0 bridgehead atoms. The second-order valence-corrected chi connectivity index (χ2v) is 6.81. The van der Waals surface area contributed by atoms with Crippen LogP contribution in [0.15, 0.2) is 45.5 Å². The second kappa shape index (κ2) is 7.82. The highest BCUT2D eigenvalue weighted by atomic mass is 79.9. The van der Waals surface area contributed by atoms with Crippen LogP contribution in [0.1, 0.15) is 33.8 Å². The van der Waals surface area contributed by atoms with Crippen molar-refractivity contribution in [1.82, 2.24) is 10.2 Å². The van der Waals surface area contributed by atoms with Gasteiger partial charge in [0.25, 0.3) is 11.8 Å². The summed E-state index contributed by atoms with van der Waals surface area (Å²) in [5.41, 5.74) is 0.109. The van der Waals surface area contributed by atoms with Crippen molar-refractivity contribution in [2.45, 2.75) is 12.8 Å². The zero-order chi connectivity index (χ0) is 17.8. The molecule has 5 nitrogen and oxygen atoms in total. The van der Waals surface area contributed by atoms with Crippen molar-refractivity contribution in [3.63, 3.8) is 0 Å². The summed E-state index contributed by atoms with van der Waals surface area (Å²) in [4.78, 5) is 26.0. The summed E-state index contributed by atoms with van der Waals surface area (Å²) in [6.07, 6.45) is 1.53. The average molecular weight is 409 g/mol. The van der Waals surface area contributed by atoms with Gasteiger partial charge in [-0.2, -0.15) is 0 Å². The quantitative estimate of drug-likeness (QED) is 0.842. The molecule has 1 aliphatic heterocycles. The van der Waals surface area contributed by atoms with E-state index in [1.54, 1.807) is 29.2 Å². The van der Waals surface area contributed by atoms with Crippen LogP contribution in [-0.4, -0.2) is 36.3 Å². The van der Waals surface area contributed by atoms with Crippen molar-refractivity contribution >= 4 is 27.7 Å². The third-order valence-electron chi connectivity index (χ3n) is 4.35. The van der Waals surface area contributed by atoms with E-state index < -0.39 is 5.82 Å². The second-order valence-electron chi connectivity index (χ2n) is 6.03.